The van der Waals surface area contributed by atoms with Gasteiger partial charge in [-0.1, -0.05) is 13.0 Å². The van der Waals surface area contributed by atoms with Crippen LogP contribution < -0.4 is 5.32 Å². The molecule has 4 heteroatoms. The lowest BCUT2D eigenvalue weighted by Crippen LogP contribution is -2.30. The Balaban J connectivity index is 3.04. The van der Waals surface area contributed by atoms with Crippen molar-refractivity contribution in [3.8, 4) is 0 Å². The number of hydrogen-bond acceptors (Lipinski definition) is 2. The third-order valence-corrected chi connectivity index (χ3v) is 4.13. The predicted octanol–water partition coefficient (Wildman–Crippen LogP) is 2.93. The van der Waals surface area contributed by atoms with E-state index in [0.29, 0.717) is 0 Å². The van der Waals surface area contributed by atoms with E-state index in [2.05, 4.69) is 51.5 Å². The van der Waals surface area contributed by atoms with Gasteiger partial charge in [-0.25, -0.2) is 0 Å². The van der Waals surface area contributed by atoms with Crippen LogP contribution >= 0.6 is 15.9 Å². The number of hydrogen-bond donors (Lipinski definition) is 1. The lowest BCUT2D eigenvalue weighted by Gasteiger charge is -2.25. The van der Waals surface area contributed by atoms with Crippen molar-refractivity contribution < 1.29 is 0 Å². The predicted molar refractivity (Wildman–Crippen MR) is 76.3 cm³/mol. The van der Waals surface area contributed by atoms with Crippen LogP contribution in [0.15, 0.2) is 17.1 Å². The molecule has 0 saturated carbocycles. The third kappa shape index (κ3) is 3.19. The van der Waals surface area contributed by atoms with Crippen LogP contribution in [-0.4, -0.2) is 23.4 Å². The van der Waals surface area contributed by atoms with Crippen LogP contribution in [0, 0.1) is 12.3 Å². The van der Waals surface area contributed by atoms with Gasteiger partial charge in [0.1, 0.15) is 0 Å². The average Bonchev–Trinajstić information content (AvgIpc) is 2.57. The topological polar surface area (TPSA) is 29.9 Å². The molecular weight excluding hydrogens is 278 g/mol. The molecule has 0 aromatic carbocycles. The minimum absolute atomic E-state index is 0.0522. The molecule has 0 bridgehead atoms. The number of aryl methyl sites for hydroxylation is 2. The Morgan fingerprint density at radius 2 is 2.24 bits per heavy atom. The van der Waals surface area contributed by atoms with Crippen molar-refractivity contribution in [2.75, 3.05) is 13.6 Å². The van der Waals surface area contributed by atoms with E-state index >= 15 is 0 Å². The van der Waals surface area contributed by atoms with Crippen molar-refractivity contribution >= 4 is 15.9 Å². The van der Waals surface area contributed by atoms with Gasteiger partial charge in [0.2, 0.25) is 0 Å². The lowest BCUT2D eigenvalue weighted by atomic mass is 9.85. The molecule has 0 spiro atoms. The molecule has 1 atom stereocenters. The highest BCUT2D eigenvalue weighted by molar-refractivity contribution is 9.10. The molecule has 1 heterocycles. The summed E-state index contributed by atoms with van der Waals surface area (Å²) >= 11 is 3.64. The first kappa shape index (κ1) is 14.5. The molecule has 0 radical (unpaired) electrons. The fraction of sp³-hybridized carbons (Fsp3) is 0.615. The van der Waals surface area contributed by atoms with Crippen molar-refractivity contribution in [2.24, 2.45) is 5.41 Å². The van der Waals surface area contributed by atoms with Crippen LogP contribution in [0.5, 0.6) is 0 Å². The number of aromatic nitrogens is 2. The van der Waals surface area contributed by atoms with Crippen molar-refractivity contribution in [1.82, 2.24) is 15.1 Å². The van der Waals surface area contributed by atoms with Crippen LogP contribution in [-0.2, 0) is 13.0 Å². The van der Waals surface area contributed by atoms with Crippen molar-refractivity contribution in [2.45, 2.75) is 33.7 Å². The molecule has 0 aliphatic heterocycles. The zero-order chi connectivity index (χ0) is 13.1. The highest BCUT2D eigenvalue weighted by Crippen LogP contribution is 2.29. The molecule has 0 aliphatic rings. The van der Waals surface area contributed by atoms with E-state index in [1.807, 2.05) is 20.0 Å². The van der Waals surface area contributed by atoms with Gasteiger partial charge in [-0.05, 0) is 36.8 Å². The molecule has 0 aliphatic carbocycles. The van der Waals surface area contributed by atoms with Gasteiger partial charge in [0.05, 0.1) is 15.9 Å². The Bertz CT molecular complexity index is 398. The minimum Gasteiger partial charge on any atom is -0.319 e. The second-order valence-corrected chi connectivity index (χ2v) is 5.52. The summed E-state index contributed by atoms with van der Waals surface area (Å²) in [6.45, 7) is 12.1. The van der Waals surface area contributed by atoms with E-state index in [1.165, 1.54) is 5.69 Å². The first-order valence-corrected chi connectivity index (χ1v) is 6.76. The number of nitrogens with one attached hydrogen (secondary N) is 1. The second kappa shape index (κ2) is 5.83. The van der Waals surface area contributed by atoms with E-state index in [9.17, 15) is 0 Å². The minimum atomic E-state index is 0.0522. The third-order valence-electron chi connectivity index (χ3n) is 3.10. The highest BCUT2D eigenvalue weighted by atomic mass is 79.9. The Labute approximate surface area is 112 Å². The highest BCUT2D eigenvalue weighted by Gasteiger charge is 2.24. The summed E-state index contributed by atoms with van der Waals surface area (Å²) in [5, 5.41) is 7.75. The molecule has 3 nitrogen and oxygen atoms in total. The Hall–Kier alpha value is -0.610. The van der Waals surface area contributed by atoms with Gasteiger partial charge in [0.15, 0.2) is 0 Å². The summed E-state index contributed by atoms with van der Waals surface area (Å²) in [6, 6.07) is 0. The Morgan fingerprint density at radius 3 is 2.71 bits per heavy atom. The van der Waals surface area contributed by atoms with Crippen LogP contribution in [0.2, 0.25) is 0 Å². The number of nitrogens with zero attached hydrogens (tertiary/aromatic N) is 2. The van der Waals surface area contributed by atoms with Gasteiger partial charge in [0.25, 0.3) is 0 Å². The molecule has 0 saturated heterocycles. The molecule has 1 aromatic heterocycles. The zero-order valence-electron chi connectivity index (χ0n) is 11.2. The maximum absolute atomic E-state index is 4.52. The van der Waals surface area contributed by atoms with E-state index < -0.39 is 0 Å². The molecule has 1 N–H and O–H groups in total. The molecule has 0 amide bonds. The van der Waals surface area contributed by atoms with Crippen LogP contribution in [0.25, 0.3) is 0 Å². The summed E-state index contributed by atoms with van der Waals surface area (Å²) in [4.78, 5) is 0. The van der Waals surface area contributed by atoms with Gasteiger partial charge in [0, 0.05) is 24.9 Å². The summed E-state index contributed by atoms with van der Waals surface area (Å²) in [7, 11) is 1.97. The quantitative estimate of drug-likeness (QED) is 0.819. The van der Waals surface area contributed by atoms with Crippen LogP contribution in [0.4, 0.5) is 0 Å². The SMILES string of the molecule is C=CC(C)(CNC)Cc1c(Br)c(C)nn1CC. The fourth-order valence-corrected chi connectivity index (χ4v) is 2.46. The summed E-state index contributed by atoms with van der Waals surface area (Å²) in [5.41, 5.74) is 2.36. The maximum atomic E-state index is 4.52. The van der Waals surface area contributed by atoms with Gasteiger partial charge < -0.3 is 5.32 Å². The summed E-state index contributed by atoms with van der Waals surface area (Å²) < 4.78 is 3.19. The Kier molecular flexibility index (Phi) is 4.95. The lowest BCUT2D eigenvalue weighted by molar-refractivity contribution is 0.390. The van der Waals surface area contributed by atoms with Gasteiger partial charge in [-0.2, -0.15) is 5.10 Å². The second-order valence-electron chi connectivity index (χ2n) is 4.73. The van der Waals surface area contributed by atoms with Crippen molar-refractivity contribution in [1.29, 1.82) is 0 Å². The van der Waals surface area contributed by atoms with Crippen LogP contribution in [0.1, 0.15) is 25.2 Å². The van der Waals surface area contributed by atoms with Gasteiger partial charge in [-0.15, -0.1) is 6.58 Å². The zero-order valence-corrected chi connectivity index (χ0v) is 12.8. The van der Waals surface area contributed by atoms with E-state index in [1.54, 1.807) is 0 Å². The number of rotatable bonds is 6. The van der Waals surface area contributed by atoms with Gasteiger partial charge >= 0.3 is 0 Å². The van der Waals surface area contributed by atoms with E-state index in [-0.39, 0.29) is 5.41 Å². The molecule has 1 unspecified atom stereocenters. The van der Waals surface area contributed by atoms with E-state index in [4.69, 9.17) is 0 Å². The fourth-order valence-electron chi connectivity index (χ4n) is 2.03. The smallest absolute Gasteiger partial charge is 0.0738 e. The molecule has 1 rings (SSSR count). The van der Waals surface area contributed by atoms with Crippen molar-refractivity contribution in [3.63, 3.8) is 0 Å². The largest absolute Gasteiger partial charge is 0.319 e. The molecule has 96 valence electrons. The number of halogens is 1. The molecule has 1 aromatic rings. The summed E-state index contributed by atoms with van der Waals surface area (Å²) in [5.74, 6) is 0. The Morgan fingerprint density at radius 1 is 1.59 bits per heavy atom. The standard InChI is InChI=1S/C13H22BrN3/c1-6-13(4,9-15-5)8-11-12(14)10(3)16-17(11)7-2/h6,15H,1,7-9H2,2-5H3. The normalized spacial score (nSPS) is 14.6. The van der Waals surface area contributed by atoms with Crippen LogP contribution in [0.3, 0.4) is 0 Å². The first-order chi connectivity index (χ1) is 7.97. The maximum Gasteiger partial charge on any atom is 0.0738 e. The molecule has 0 fully saturated rings. The molecule has 17 heavy (non-hydrogen) atoms. The summed E-state index contributed by atoms with van der Waals surface area (Å²) in [6.07, 6.45) is 2.96. The van der Waals surface area contributed by atoms with Crippen molar-refractivity contribution in [3.05, 3.63) is 28.5 Å². The molecular formula is C13H22BrN3. The monoisotopic (exact) mass is 299 g/mol. The van der Waals surface area contributed by atoms with E-state index in [0.717, 1.165) is 29.7 Å². The average molecular weight is 300 g/mol. The van der Waals surface area contributed by atoms with Gasteiger partial charge in [-0.3, -0.25) is 4.68 Å². The first-order valence-electron chi connectivity index (χ1n) is 5.97.